The maximum absolute atomic E-state index is 11.7. The van der Waals surface area contributed by atoms with Crippen molar-refractivity contribution < 1.29 is 14.7 Å². The van der Waals surface area contributed by atoms with Crippen LogP contribution >= 0.6 is 0 Å². The van der Waals surface area contributed by atoms with Crippen LogP contribution in [0, 0.1) is 11.8 Å². The minimum absolute atomic E-state index is 0.154. The molecule has 0 aliphatic heterocycles. The summed E-state index contributed by atoms with van der Waals surface area (Å²) in [5.74, 6) is -0.301. The van der Waals surface area contributed by atoms with E-state index in [9.17, 15) is 4.79 Å². The van der Waals surface area contributed by atoms with Crippen molar-refractivity contribution in [2.45, 2.75) is 26.9 Å². The number of aliphatic hydroxyl groups excluding tert-OH is 1. The highest BCUT2D eigenvalue weighted by molar-refractivity contribution is 5.77. The molecule has 0 unspecified atom stereocenters. The molecule has 1 aromatic carbocycles. The van der Waals surface area contributed by atoms with Gasteiger partial charge in [-0.05, 0) is 17.9 Å². The van der Waals surface area contributed by atoms with Gasteiger partial charge in [0.15, 0.2) is 0 Å². The molecular weight excluding hydrogens is 230 g/mol. The number of rotatable bonds is 7. The molecule has 0 spiro atoms. The lowest BCUT2D eigenvalue weighted by molar-refractivity contribution is -0.140. The van der Waals surface area contributed by atoms with Gasteiger partial charge in [-0.25, -0.2) is 5.48 Å². The van der Waals surface area contributed by atoms with E-state index < -0.39 is 5.92 Å². The summed E-state index contributed by atoms with van der Waals surface area (Å²) >= 11 is 0. The Labute approximate surface area is 108 Å². The van der Waals surface area contributed by atoms with Gasteiger partial charge in [-0.3, -0.25) is 9.63 Å². The summed E-state index contributed by atoms with van der Waals surface area (Å²) in [5.41, 5.74) is 3.38. The maximum Gasteiger partial charge on any atom is 0.248 e. The van der Waals surface area contributed by atoms with Crippen molar-refractivity contribution in [2.75, 3.05) is 6.61 Å². The van der Waals surface area contributed by atoms with Crippen molar-refractivity contribution in [2.24, 2.45) is 11.8 Å². The van der Waals surface area contributed by atoms with Gasteiger partial charge in [-0.1, -0.05) is 44.2 Å². The highest BCUT2D eigenvalue weighted by Crippen LogP contribution is 2.11. The fourth-order valence-electron chi connectivity index (χ4n) is 1.68. The van der Waals surface area contributed by atoms with E-state index in [0.717, 1.165) is 5.56 Å². The molecule has 0 radical (unpaired) electrons. The number of carbonyl (C=O) groups excluding carboxylic acids is 1. The Morgan fingerprint density at radius 2 is 2.00 bits per heavy atom. The summed E-state index contributed by atoms with van der Waals surface area (Å²) in [6.45, 7) is 4.20. The second-order valence-corrected chi connectivity index (χ2v) is 4.75. The third-order valence-corrected chi connectivity index (χ3v) is 2.60. The first-order chi connectivity index (χ1) is 8.63. The molecule has 4 heteroatoms. The molecule has 0 saturated heterocycles. The molecule has 0 aliphatic rings. The summed E-state index contributed by atoms with van der Waals surface area (Å²) in [5, 5.41) is 9.15. The Hall–Kier alpha value is -1.39. The predicted molar refractivity (Wildman–Crippen MR) is 69.4 cm³/mol. The van der Waals surface area contributed by atoms with E-state index in [4.69, 9.17) is 9.94 Å². The molecule has 1 aromatic rings. The molecule has 0 heterocycles. The Bertz CT molecular complexity index is 351. The number of hydrogen-bond acceptors (Lipinski definition) is 3. The molecular formula is C14H21NO3. The summed E-state index contributed by atoms with van der Waals surface area (Å²) in [4.78, 5) is 16.8. The average molecular weight is 251 g/mol. The van der Waals surface area contributed by atoms with E-state index in [1.807, 2.05) is 44.2 Å². The van der Waals surface area contributed by atoms with E-state index in [2.05, 4.69) is 5.48 Å². The van der Waals surface area contributed by atoms with Crippen molar-refractivity contribution >= 4 is 5.91 Å². The molecule has 0 aliphatic carbocycles. The van der Waals surface area contributed by atoms with Crippen LogP contribution in [-0.4, -0.2) is 17.6 Å². The van der Waals surface area contributed by atoms with Crippen LogP contribution in [0.3, 0.4) is 0 Å². The molecule has 1 amide bonds. The van der Waals surface area contributed by atoms with E-state index in [0.29, 0.717) is 18.9 Å². The molecule has 1 atom stereocenters. The SMILES string of the molecule is CC(C)C[C@H](CO)C(=O)NOCc1ccccc1. The summed E-state index contributed by atoms with van der Waals surface area (Å²) < 4.78 is 0. The number of amides is 1. The smallest absolute Gasteiger partial charge is 0.248 e. The van der Waals surface area contributed by atoms with Gasteiger partial charge < -0.3 is 5.11 Å². The molecule has 0 fully saturated rings. The number of benzene rings is 1. The first-order valence-electron chi connectivity index (χ1n) is 6.20. The summed E-state index contributed by atoms with van der Waals surface area (Å²) in [6.07, 6.45) is 0.650. The van der Waals surface area contributed by atoms with E-state index >= 15 is 0 Å². The Balaban J connectivity index is 2.31. The van der Waals surface area contributed by atoms with Crippen LogP contribution in [0.1, 0.15) is 25.8 Å². The minimum atomic E-state index is -0.402. The number of carbonyl (C=O) groups is 1. The molecule has 0 saturated carbocycles. The van der Waals surface area contributed by atoms with Crippen LogP contribution < -0.4 is 5.48 Å². The first kappa shape index (κ1) is 14.7. The second kappa shape index (κ2) is 7.84. The van der Waals surface area contributed by atoms with E-state index in [-0.39, 0.29) is 12.5 Å². The van der Waals surface area contributed by atoms with Gasteiger partial charge in [0, 0.05) is 0 Å². The zero-order chi connectivity index (χ0) is 13.4. The number of nitrogens with one attached hydrogen (secondary N) is 1. The largest absolute Gasteiger partial charge is 0.396 e. The van der Waals surface area contributed by atoms with Gasteiger partial charge in [0.25, 0.3) is 0 Å². The van der Waals surface area contributed by atoms with Crippen molar-refractivity contribution in [1.82, 2.24) is 5.48 Å². The lowest BCUT2D eigenvalue weighted by Crippen LogP contribution is -2.33. The third kappa shape index (κ3) is 5.29. The molecule has 0 bridgehead atoms. The van der Waals surface area contributed by atoms with Crippen molar-refractivity contribution in [1.29, 1.82) is 0 Å². The number of aliphatic hydroxyl groups is 1. The fraction of sp³-hybridized carbons (Fsp3) is 0.500. The lowest BCUT2D eigenvalue weighted by Gasteiger charge is -2.15. The normalized spacial score (nSPS) is 12.4. The quantitative estimate of drug-likeness (QED) is 0.728. The summed E-state index contributed by atoms with van der Waals surface area (Å²) in [6, 6.07) is 9.59. The van der Waals surface area contributed by atoms with Crippen LogP contribution in [0.2, 0.25) is 0 Å². The second-order valence-electron chi connectivity index (χ2n) is 4.75. The van der Waals surface area contributed by atoms with Gasteiger partial charge >= 0.3 is 0 Å². The molecule has 1 rings (SSSR count). The average Bonchev–Trinajstić information content (AvgIpc) is 2.36. The fourth-order valence-corrected chi connectivity index (χ4v) is 1.68. The maximum atomic E-state index is 11.7. The first-order valence-corrected chi connectivity index (χ1v) is 6.20. The Morgan fingerprint density at radius 1 is 1.33 bits per heavy atom. The Morgan fingerprint density at radius 3 is 2.56 bits per heavy atom. The Kier molecular flexibility index (Phi) is 6.39. The monoisotopic (exact) mass is 251 g/mol. The predicted octanol–water partition coefficient (Wildman–Crippen LogP) is 1.89. The van der Waals surface area contributed by atoms with E-state index in [1.165, 1.54) is 0 Å². The van der Waals surface area contributed by atoms with Gasteiger partial charge in [-0.2, -0.15) is 0 Å². The van der Waals surface area contributed by atoms with Crippen molar-refractivity contribution in [3.63, 3.8) is 0 Å². The number of hydroxylamine groups is 1. The molecule has 2 N–H and O–H groups in total. The molecule has 0 aromatic heterocycles. The van der Waals surface area contributed by atoms with Crippen LogP contribution in [0.15, 0.2) is 30.3 Å². The summed E-state index contributed by atoms with van der Waals surface area (Å²) in [7, 11) is 0. The topological polar surface area (TPSA) is 58.6 Å². The van der Waals surface area contributed by atoms with Crippen LogP contribution in [0.4, 0.5) is 0 Å². The van der Waals surface area contributed by atoms with E-state index in [1.54, 1.807) is 0 Å². The highest BCUT2D eigenvalue weighted by Gasteiger charge is 2.18. The molecule has 4 nitrogen and oxygen atoms in total. The van der Waals surface area contributed by atoms with Gasteiger partial charge in [-0.15, -0.1) is 0 Å². The highest BCUT2D eigenvalue weighted by atomic mass is 16.6. The van der Waals surface area contributed by atoms with Crippen molar-refractivity contribution in [3.8, 4) is 0 Å². The lowest BCUT2D eigenvalue weighted by atomic mass is 9.97. The van der Waals surface area contributed by atoms with Gasteiger partial charge in [0.05, 0.1) is 19.1 Å². The zero-order valence-electron chi connectivity index (χ0n) is 10.9. The molecule has 18 heavy (non-hydrogen) atoms. The standard InChI is InChI=1S/C14H21NO3/c1-11(2)8-13(9-16)14(17)15-18-10-12-6-4-3-5-7-12/h3-7,11,13,16H,8-10H2,1-2H3,(H,15,17)/t13-/m1/s1. The zero-order valence-corrected chi connectivity index (χ0v) is 10.9. The van der Waals surface area contributed by atoms with Crippen LogP contribution in [-0.2, 0) is 16.2 Å². The van der Waals surface area contributed by atoms with Crippen LogP contribution in [0.5, 0.6) is 0 Å². The van der Waals surface area contributed by atoms with Gasteiger partial charge in [0.2, 0.25) is 5.91 Å². The number of hydrogen-bond donors (Lipinski definition) is 2. The van der Waals surface area contributed by atoms with Crippen LogP contribution in [0.25, 0.3) is 0 Å². The third-order valence-electron chi connectivity index (χ3n) is 2.60. The van der Waals surface area contributed by atoms with Gasteiger partial charge in [0.1, 0.15) is 0 Å². The van der Waals surface area contributed by atoms with Crippen molar-refractivity contribution in [3.05, 3.63) is 35.9 Å². The minimum Gasteiger partial charge on any atom is -0.396 e. The molecule has 100 valence electrons.